The van der Waals surface area contributed by atoms with Crippen LogP contribution in [0.15, 0.2) is 12.3 Å². The lowest BCUT2D eigenvalue weighted by atomic mass is 9.96. The van der Waals surface area contributed by atoms with E-state index in [1.54, 1.807) is 0 Å². The summed E-state index contributed by atoms with van der Waals surface area (Å²) in [5.41, 5.74) is 1.26. The molecular weight excluding hydrogens is 166 g/mol. The summed E-state index contributed by atoms with van der Waals surface area (Å²) < 4.78 is 0. The minimum atomic E-state index is 0.692. The van der Waals surface area contributed by atoms with Crippen molar-refractivity contribution < 1.29 is 0 Å². The van der Waals surface area contributed by atoms with E-state index in [9.17, 15) is 0 Å². The number of rotatable bonds is 2. The van der Waals surface area contributed by atoms with Gasteiger partial charge in [-0.1, -0.05) is 20.4 Å². The molecule has 0 amide bonds. The SMILES string of the molecule is C=C1NCCSCC1CC(C)C. The van der Waals surface area contributed by atoms with Crippen LogP contribution in [0.2, 0.25) is 0 Å². The van der Waals surface area contributed by atoms with Crippen LogP contribution in [0.3, 0.4) is 0 Å². The van der Waals surface area contributed by atoms with Crippen molar-refractivity contribution >= 4 is 11.8 Å². The molecule has 0 spiro atoms. The second-order valence-electron chi connectivity index (χ2n) is 3.85. The molecular formula is C10H19NS. The molecule has 1 nitrogen and oxygen atoms in total. The highest BCUT2D eigenvalue weighted by Gasteiger charge is 2.16. The van der Waals surface area contributed by atoms with E-state index in [-0.39, 0.29) is 0 Å². The minimum Gasteiger partial charge on any atom is -0.388 e. The smallest absolute Gasteiger partial charge is 0.0234 e. The van der Waals surface area contributed by atoms with Crippen molar-refractivity contribution in [3.63, 3.8) is 0 Å². The van der Waals surface area contributed by atoms with Crippen LogP contribution in [0.1, 0.15) is 20.3 Å². The van der Waals surface area contributed by atoms with E-state index in [0.717, 1.165) is 12.5 Å². The molecule has 1 aliphatic heterocycles. The molecule has 1 unspecified atom stereocenters. The van der Waals surface area contributed by atoms with E-state index < -0.39 is 0 Å². The lowest BCUT2D eigenvalue weighted by Gasteiger charge is -2.18. The largest absolute Gasteiger partial charge is 0.388 e. The monoisotopic (exact) mass is 185 g/mol. The maximum atomic E-state index is 4.08. The number of thioether (sulfide) groups is 1. The molecule has 70 valence electrons. The quantitative estimate of drug-likeness (QED) is 0.709. The molecule has 0 aromatic rings. The third-order valence-electron chi connectivity index (χ3n) is 2.17. The van der Waals surface area contributed by atoms with Gasteiger partial charge < -0.3 is 5.32 Å². The van der Waals surface area contributed by atoms with E-state index in [0.29, 0.717) is 5.92 Å². The highest BCUT2D eigenvalue weighted by molar-refractivity contribution is 7.99. The molecule has 1 rings (SSSR count). The summed E-state index contributed by atoms with van der Waals surface area (Å²) in [7, 11) is 0. The van der Waals surface area contributed by atoms with Crippen LogP contribution in [0.25, 0.3) is 0 Å². The van der Waals surface area contributed by atoms with Crippen molar-refractivity contribution in [2.24, 2.45) is 11.8 Å². The first kappa shape index (κ1) is 9.97. The van der Waals surface area contributed by atoms with Crippen LogP contribution in [0.5, 0.6) is 0 Å². The van der Waals surface area contributed by atoms with Crippen molar-refractivity contribution in [1.82, 2.24) is 5.32 Å². The van der Waals surface area contributed by atoms with Gasteiger partial charge in [-0.2, -0.15) is 11.8 Å². The van der Waals surface area contributed by atoms with Gasteiger partial charge in [-0.05, 0) is 12.3 Å². The van der Waals surface area contributed by atoms with E-state index in [2.05, 4.69) is 25.7 Å². The Kier molecular flexibility index (Phi) is 3.99. The normalized spacial score (nSPS) is 25.2. The second kappa shape index (κ2) is 4.80. The number of hydrogen-bond acceptors (Lipinski definition) is 2. The minimum absolute atomic E-state index is 0.692. The fraction of sp³-hybridized carbons (Fsp3) is 0.800. The summed E-state index contributed by atoms with van der Waals surface area (Å²) in [6.07, 6.45) is 1.28. The summed E-state index contributed by atoms with van der Waals surface area (Å²) in [5.74, 6) is 3.96. The van der Waals surface area contributed by atoms with Gasteiger partial charge in [0.05, 0.1) is 0 Å². The fourth-order valence-electron chi connectivity index (χ4n) is 1.53. The highest BCUT2D eigenvalue weighted by atomic mass is 32.2. The third-order valence-corrected chi connectivity index (χ3v) is 3.30. The molecule has 12 heavy (non-hydrogen) atoms. The predicted molar refractivity (Wildman–Crippen MR) is 57.4 cm³/mol. The molecule has 1 heterocycles. The molecule has 1 atom stereocenters. The van der Waals surface area contributed by atoms with Crippen molar-refractivity contribution in [2.75, 3.05) is 18.1 Å². The molecule has 0 aliphatic carbocycles. The van der Waals surface area contributed by atoms with Crippen LogP contribution in [-0.2, 0) is 0 Å². The van der Waals surface area contributed by atoms with Gasteiger partial charge in [0.15, 0.2) is 0 Å². The number of nitrogens with one attached hydrogen (secondary N) is 1. The molecule has 0 radical (unpaired) electrons. The molecule has 1 aliphatic rings. The van der Waals surface area contributed by atoms with Crippen molar-refractivity contribution in [1.29, 1.82) is 0 Å². The lowest BCUT2D eigenvalue weighted by molar-refractivity contribution is 0.476. The molecule has 1 N–H and O–H groups in total. The van der Waals surface area contributed by atoms with Crippen LogP contribution >= 0.6 is 11.8 Å². The standard InChI is InChI=1S/C10H19NS/c1-8(2)6-10-7-12-5-4-11-9(10)3/h8,10-11H,3-7H2,1-2H3. The highest BCUT2D eigenvalue weighted by Crippen LogP contribution is 2.23. The number of hydrogen-bond donors (Lipinski definition) is 1. The Balaban J connectivity index is 2.42. The topological polar surface area (TPSA) is 12.0 Å². The Hall–Kier alpha value is -0.110. The maximum Gasteiger partial charge on any atom is 0.0234 e. The molecule has 0 aromatic heterocycles. The zero-order valence-corrected chi connectivity index (χ0v) is 8.91. The average molecular weight is 185 g/mol. The first-order valence-corrected chi connectivity index (χ1v) is 5.86. The van der Waals surface area contributed by atoms with Gasteiger partial charge in [0.25, 0.3) is 0 Å². The van der Waals surface area contributed by atoms with Gasteiger partial charge >= 0.3 is 0 Å². The lowest BCUT2D eigenvalue weighted by Crippen LogP contribution is -2.20. The van der Waals surface area contributed by atoms with Gasteiger partial charge in [0.1, 0.15) is 0 Å². The van der Waals surface area contributed by atoms with Crippen LogP contribution < -0.4 is 5.32 Å². The summed E-state index contributed by atoms with van der Waals surface area (Å²) in [4.78, 5) is 0. The Labute approximate surface area is 80.0 Å². The maximum absolute atomic E-state index is 4.08. The Morgan fingerprint density at radius 3 is 3.08 bits per heavy atom. The molecule has 0 saturated carbocycles. The van der Waals surface area contributed by atoms with Crippen molar-refractivity contribution in [3.05, 3.63) is 12.3 Å². The van der Waals surface area contributed by atoms with Crippen LogP contribution in [0.4, 0.5) is 0 Å². The predicted octanol–water partition coefficient (Wildman–Crippen LogP) is 2.50. The summed E-state index contributed by atoms with van der Waals surface area (Å²) in [5, 5.41) is 3.38. The molecule has 2 heteroatoms. The fourth-order valence-corrected chi connectivity index (χ4v) is 2.57. The zero-order chi connectivity index (χ0) is 8.97. The second-order valence-corrected chi connectivity index (χ2v) is 5.00. The van der Waals surface area contributed by atoms with E-state index >= 15 is 0 Å². The summed E-state index contributed by atoms with van der Waals surface area (Å²) in [6.45, 7) is 9.74. The van der Waals surface area contributed by atoms with Gasteiger partial charge in [-0.15, -0.1) is 0 Å². The van der Waals surface area contributed by atoms with Crippen molar-refractivity contribution in [3.8, 4) is 0 Å². The van der Waals surface area contributed by atoms with Crippen LogP contribution in [-0.4, -0.2) is 18.1 Å². The summed E-state index contributed by atoms with van der Waals surface area (Å²) >= 11 is 2.05. The summed E-state index contributed by atoms with van der Waals surface area (Å²) in [6, 6.07) is 0. The van der Waals surface area contributed by atoms with E-state index in [4.69, 9.17) is 0 Å². The molecule has 0 bridgehead atoms. The Morgan fingerprint density at radius 1 is 1.67 bits per heavy atom. The van der Waals surface area contributed by atoms with Crippen molar-refractivity contribution in [2.45, 2.75) is 20.3 Å². The first-order valence-electron chi connectivity index (χ1n) is 4.70. The Bertz CT molecular complexity index is 154. The van der Waals surface area contributed by atoms with Gasteiger partial charge in [-0.3, -0.25) is 0 Å². The van der Waals surface area contributed by atoms with E-state index in [1.807, 2.05) is 11.8 Å². The first-order chi connectivity index (χ1) is 5.70. The van der Waals surface area contributed by atoms with Gasteiger partial charge in [0.2, 0.25) is 0 Å². The molecule has 1 saturated heterocycles. The molecule has 0 aromatic carbocycles. The zero-order valence-electron chi connectivity index (χ0n) is 8.10. The molecule has 1 fully saturated rings. The number of allylic oxidation sites excluding steroid dienone is 1. The third kappa shape index (κ3) is 3.10. The van der Waals surface area contributed by atoms with Crippen LogP contribution in [0, 0.1) is 11.8 Å². The Morgan fingerprint density at radius 2 is 2.42 bits per heavy atom. The van der Waals surface area contributed by atoms with Gasteiger partial charge in [-0.25, -0.2) is 0 Å². The van der Waals surface area contributed by atoms with Gasteiger partial charge in [0, 0.05) is 29.7 Å². The van der Waals surface area contributed by atoms with E-state index in [1.165, 1.54) is 23.6 Å². The average Bonchev–Trinajstić information content (AvgIpc) is 2.16.